The van der Waals surface area contributed by atoms with Gasteiger partial charge < -0.3 is 14.4 Å². The number of rotatable bonds is 0. The molecule has 10 unspecified atom stereocenters. The minimum absolute atomic E-state index is 0.0422. The molecule has 10 heterocycles. The molecule has 10 aliphatic rings. The van der Waals surface area contributed by atoms with Crippen molar-refractivity contribution in [3.05, 3.63) is 66.9 Å². The third-order valence-corrected chi connectivity index (χ3v) is 27.8. The van der Waals surface area contributed by atoms with Gasteiger partial charge in [-0.15, -0.1) is 23.5 Å². The molecule has 7 fully saturated rings. The predicted molar refractivity (Wildman–Crippen MR) is 437 cm³/mol. The number of ether oxygens (including phenoxy) is 2. The van der Waals surface area contributed by atoms with Crippen molar-refractivity contribution in [3.63, 3.8) is 0 Å². The molecule has 0 aromatic rings. The van der Waals surface area contributed by atoms with Crippen LogP contribution >= 0.6 is 23.5 Å². The lowest BCUT2D eigenvalue weighted by Crippen LogP contribution is -2.39. The highest BCUT2D eigenvalue weighted by molar-refractivity contribution is 8.00. The van der Waals surface area contributed by atoms with Crippen LogP contribution in [0.5, 0.6) is 0 Å². The Labute approximate surface area is 614 Å². The summed E-state index contributed by atoms with van der Waals surface area (Å²) in [5.74, 6) is 2.55. The maximum Gasteiger partial charge on any atom is 0.116 e. The number of nitrogens with zero attached hydrogens (tertiary/aromatic N) is 10. The van der Waals surface area contributed by atoms with Crippen LogP contribution in [-0.4, -0.2) is 265 Å². The van der Waals surface area contributed by atoms with Gasteiger partial charge in [-0.3, -0.25) is 44.1 Å². The summed E-state index contributed by atoms with van der Waals surface area (Å²) >= 11 is 4.08. The number of hydrogen-bond donors (Lipinski definition) is 0. The van der Waals surface area contributed by atoms with Crippen molar-refractivity contribution in [2.45, 2.75) is 334 Å². The van der Waals surface area contributed by atoms with Gasteiger partial charge in [0.25, 0.3) is 0 Å². The molecule has 570 valence electrons. The van der Waals surface area contributed by atoms with E-state index >= 15 is 0 Å². The number of piperidine rings is 2. The second-order valence-electron chi connectivity index (χ2n) is 34.4. The van der Waals surface area contributed by atoms with Crippen molar-refractivity contribution < 1.29 is 9.47 Å². The molecule has 0 amide bonds. The SMILES string of the molecule is CC(C)=C1CC(C)N(C)C1.CC(C)=C1CCC(C)N(C)C1.CC(C)=C1CCN(C)C(C)C1.CC1=C(C)C(C)N(C)C1.CC1=C(C)C(C)N(C)CC1.CC1=C(C)CN(C)C(C)C1.CC1COC(C)(C)N1C.CC1CSC(C)(C)N1C.CC1OCC(C)(C)N1C.CC1SCC(C)(C)N1C. The molecule has 10 rings (SSSR count). The second-order valence-corrected chi connectivity index (χ2v) is 37.3. The number of thioether (sulfide) groups is 2. The van der Waals surface area contributed by atoms with Crippen molar-refractivity contribution in [2.75, 3.05) is 134 Å². The van der Waals surface area contributed by atoms with Crippen molar-refractivity contribution in [1.82, 2.24) is 49.0 Å². The first-order valence-corrected chi connectivity index (χ1v) is 40.0. The Morgan fingerprint density at radius 1 is 0.412 bits per heavy atom. The Morgan fingerprint density at radius 2 is 0.876 bits per heavy atom. The topological polar surface area (TPSA) is 50.9 Å². The van der Waals surface area contributed by atoms with Crippen molar-refractivity contribution in [1.29, 1.82) is 0 Å². The highest BCUT2D eigenvalue weighted by Gasteiger charge is 2.37. The molecule has 12 nitrogen and oxygen atoms in total. The molecular formula is C83H164N10O2S2. The summed E-state index contributed by atoms with van der Waals surface area (Å²) in [5.41, 5.74) is 19.5. The summed E-state index contributed by atoms with van der Waals surface area (Å²) in [6.45, 7) is 75.8. The molecule has 0 aromatic heterocycles. The van der Waals surface area contributed by atoms with Crippen molar-refractivity contribution in [2.24, 2.45) is 0 Å². The average molecular weight is 1400 g/mol. The van der Waals surface area contributed by atoms with Crippen LogP contribution < -0.4 is 0 Å². The van der Waals surface area contributed by atoms with Crippen LogP contribution in [0.1, 0.15) is 253 Å². The van der Waals surface area contributed by atoms with E-state index in [-0.39, 0.29) is 11.3 Å². The minimum Gasteiger partial charge on any atom is -0.362 e. The zero-order valence-electron chi connectivity index (χ0n) is 71.9. The van der Waals surface area contributed by atoms with Crippen LogP contribution in [-0.2, 0) is 9.47 Å². The van der Waals surface area contributed by atoms with Crippen LogP contribution in [0.4, 0.5) is 0 Å². The van der Waals surface area contributed by atoms with Crippen LogP contribution in [0, 0.1) is 0 Å². The average Bonchev–Trinajstić information content (AvgIpc) is 1.76. The van der Waals surface area contributed by atoms with Gasteiger partial charge in [-0.2, -0.15) is 0 Å². The highest BCUT2D eigenvalue weighted by Crippen LogP contribution is 2.37. The van der Waals surface area contributed by atoms with Crippen molar-refractivity contribution >= 4 is 23.5 Å². The molecule has 7 saturated heterocycles. The lowest BCUT2D eigenvalue weighted by molar-refractivity contribution is -0.0408. The maximum atomic E-state index is 5.49. The van der Waals surface area contributed by atoms with Gasteiger partial charge in [-0.05, 0) is 323 Å². The fourth-order valence-corrected chi connectivity index (χ4v) is 15.5. The summed E-state index contributed by atoms with van der Waals surface area (Å²) < 4.78 is 10.9. The summed E-state index contributed by atoms with van der Waals surface area (Å²) in [5, 5.41) is 0.708. The molecule has 0 N–H and O–H groups in total. The van der Waals surface area contributed by atoms with Crippen molar-refractivity contribution in [3.8, 4) is 0 Å². The first kappa shape index (κ1) is 93.7. The van der Waals surface area contributed by atoms with E-state index in [1.165, 1.54) is 99.3 Å². The minimum atomic E-state index is -0.0422. The smallest absolute Gasteiger partial charge is 0.116 e. The molecule has 14 heteroatoms. The highest BCUT2D eigenvalue weighted by atomic mass is 32.2. The lowest BCUT2D eigenvalue weighted by atomic mass is 9.95. The van der Waals surface area contributed by atoms with E-state index in [1.54, 1.807) is 50.2 Å². The van der Waals surface area contributed by atoms with Crippen LogP contribution in [0.3, 0.4) is 0 Å². The number of hydrogen-bond acceptors (Lipinski definition) is 14. The molecule has 10 atom stereocenters. The van der Waals surface area contributed by atoms with Gasteiger partial charge >= 0.3 is 0 Å². The molecule has 0 saturated carbocycles. The van der Waals surface area contributed by atoms with E-state index in [0.717, 1.165) is 56.5 Å². The molecule has 0 aliphatic carbocycles. The van der Waals surface area contributed by atoms with Gasteiger partial charge in [0.2, 0.25) is 0 Å². The third kappa shape index (κ3) is 31.1. The summed E-state index contributed by atoms with van der Waals surface area (Å²) in [6.07, 6.45) is 9.28. The van der Waals surface area contributed by atoms with Gasteiger partial charge in [-0.25, -0.2) is 0 Å². The Bertz CT molecular complexity index is 2350. The number of likely N-dealkylation sites (N-methyl/N-ethyl adjacent to an activating group) is 7. The van der Waals surface area contributed by atoms with Gasteiger partial charge in [0, 0.05) is 110 Å². The first-order chi connectivity index (χ1) is 44.3. The summed E-state index contributed by atoms with van der Waals surface area (Å²) in [6, 6.07) is 5.67. The summed E-state index contributed by atoms with van der Waals surface area (Å²) in [7, 11) is 21.8. The van der Waals surface area contributed by atoms with E-state index in [1.807, 2.05) is 23.5 Å². The summed E-state index contributed by atoms with van der Waals surface area (Å²) in [4.78, 5) is 24.2. The van der Waals surface area contributed by atoms with Gasteiger partial charge in [0.1, 0.15) is 12.0 Å². The third-order valence-electron chi connectivity index (χ3n) is 24.5. The molecule has 0 aromatic carbocycles. The number of likely N-dealkylation sites (tertiary alicyclic amines) is 3. The van der Waals surface area contributed by atoms with E-state index in [0.29, 0.717) is 40.1 Å². The maximum absolute atomic E-state index is 5.49. The Hall–Kier alpha value is -1.34. The van der Waals surface area contributed by atoms with E-state index < -0.39 is 0 Å². The van der Waals surface area contributed by atoms with E-state index in [4.69, 9.17) is 9.47 Å². The molecule has 0 radical (unpaired) electrons. The van der Waals surface area contributed by atoms with E-state index in [9.17, 15) is 0 Å². The lowest BCUT2D eigenvalue weighted by Gasteiger charge is -2.32. The second kappa shape index (κ2) is 42.6. The monoisotopic (exact) mass is 1400 g/mol. The normalized spacial score (nSPS) is 31.0. The quantitative estimate of drug-likeness (QED) is 0.216. The molecule has 97 heavy (non-hydrogen) atoms. The Balaban J connectivity index is 0.000000539. The van der Waals surface area contributed by atoms with Crippen LogP contribution in [0.15, 0.2) is 66.9 Å². The van der Waals surface area contributed by atoms with Gasteiger partial charge in [0.05, 0.1) is 23.5 Å². The molecule has 0 bridgehead atoms. The van der Waals surface area contributed by atoms with Crippen LogP contribution in [0.2, 0.25) is 0 Å². The zero-order valence-corrected chi connectivity index (χ0v) is 73.5. The van der Waals surface area contributed by atoms with E-state index in [2.05, 4.69) is 327 Å². The predicted octanol–water partition coefficient (Wildman–Crippen LogP) is 18.4. The van der Waals surface area contributed by atoms with Gasteiger partial charge in [-0.1, -0.05) is 66.9 Å². The number of allylic oxidation sites excluding steroid dienone is 3. The fraction of sp³-hybridized carbons (Fsp3) is 0.855. The standard InChI is InChI=1S/2C10H19N.3C9H17N.C8H15N.2C7H15NO.2C7H15NS/c1-8(2)10-5-6-11(4)9(3)7-10;1-8(2)10-6-5-9(3)11(4)7-10;1-7-5-9(3)10(4)6-8(7)2;1-7(2)9-5-8(3)10(4)6-9;1-7-5-6-10(4)9(3)8(7)2;1-6-5-9(4)8(3)7(6)2;1-6-8(4)7(2,3)5-9-6;1-6-5-9-7(2,3)8(6)4;1-6-8(4)7(2,3)5-9-6;1-6-5-9-7(2,3)8(6)4/h2*9H,5-7H2,1-4H3;9H,5-6H2,1-4H3;8H,5-6H2,1-4H3;9H,5-6H2,1-4H3;8H,5H2,1-4H3;4*6H,5H2,1-4H3. The molecule has 0 spiro atoms. The zero-order chi connectivity index (χ0) is 75.3. The Morgan fingerprint density at radius 3 is 1.15 bits per heavy atom. The first-order valence-electron chi connectivity index (χ1n) is 37.9. The largest absolute Gasteiger partial charge is 0.362 e. The fourth-order valence-electron chi connectivity index (χ4n) is 12.9. The molecule has 10 aliphatic heterocycles. The van der Waals surface area contributed by atoms with Crippen LogP contribution in [0.25, 0.3) is 0 Å². The van der Waals surface area contributed by atoms with Gasteiger partial charge in [0.15, 0.2) is 0 Å². The molecular weight excluding hydrogens is 1230 g/mol. The Kier molecular flexibility index (Phi) is 41.1.